The molecule has 0 aromatic carbocycles. The molecule has 3 nitrogen and oxygen atoms in total. The van der Waals surface area contributed by atoms with Crippen LogP contribution < -0.4 is 5.32 Å². The van der Waals surface area contributed by atoms with E-state index in [9.17, 15) is 0 Å². The average Bonchev–Trinajstić information content (AvgIpc) is 2.28. The molecule has 0 amide bonds. The Morgan fingerprint density at radius 1 is 1.50 bits per heavy atom. The summed E-state index contributed by atoms with van der Waals surface area (Å²) in [7, 11) is 0. The zero-order chi connectivity index (χ0) is 11.8. The second kappa shape index (κ2) is 8.06. The van der Waals surface area contributed by atoms with Crippen LogP contribution >= 0.6 is 34.2 Å². The highest BCUT2D eigenvalue weighted by atomic mass is 127. The topological polar surface area (TPSA) is 37.8 Å². The van der Waals surface area contributed by atoms with Crippen LogP contribution in [-0.4, -0.2) is 22.4 Å². The number of rotatable bonds is 7. The first-order valence-corrected chi connectivity index (χ1v) is 7.14. The van der Waals surface area contributed by atoms with Crippen LogP contribution in [0.2, 0.25) is 0 Å². The van der Waals surface area contributed by atoms with Crippen molar-refractivity contribution in [2.24, 2.45) is 5.92 Å². The van der Waals surface area contributed by atoms with E-state index in [2.05, 4.69) is 44.8 Å². The lowest BCUT2D eigenvalue weighted by Crippen LogP contribution is -2.16. The fraction of sp³-hybridized carbons (Fsp3) is 0.636. The van der Waals surface area contributed by atoms with Crippen LogP contribution in [0.4, 0.5) is 5.82 Å². The Balaban J connectivity index is 2.45. The third-order valence-corrected chi connectivity index (χ3v) is 3.45. The smallest absolute Gasteiger partial charge is 0.142 e. The molecule has 0 fully saturated rings. The van der Waals surface area contributed by atoms with Gasteiger partial charge in [-0.2, -0.15) is 0 Å². The predicted molar refractivity (Wildman–Crippen MR) is 77.0 cm³/mol. The molecule has 0 aliphatic heterocycles. The number of alkyl halides is 1. The summed E-state index contributed by atoms with van der Waals surface area (Å²) in [5.41, 5.74) is 0. The number of hydrogen-bond donors (Lipinski definition) is 1. The molecule has 1 aromatic heterocycles. The maximum absolute atomic E-state index is 5.79. The zero-order valence-electron chi connectivity index (χ0n) is 9.42. The number of nitrogens with zero attached hydrogens (tertiary/aromatic N) is 2. The van der Waals surface area contributed by atoms with Crippen molar-refractivity contribution >= 4 is 40.0 Å². The first-order chi connectivity index (χ1) is 7.77. The largest absolute Gasteiger partial charge is 0.369 e. The molecule has 0 aliphatic carbocycles. The van der Waals surface area contributed by atoms with E-state index < -0.39 is 0 Å². The highest BCUT2D eigenvalue weighted by Crippen LogP contribution is 2.16. The summed E-state index contributed by atoms with van der Waals surface area (Å²) >= 11 is 8.03. The minimum Gasteiger partial charge on any atom is -0.369 e. The maximum Gasteiger partial charge on any atom is 0.142 e. The monoisotopic (exact) mass is 353 g/mol. The molecule has 0 saturated carbocycles. The summed E-state index contributed by atoms with van der Waals surface area (Å²) in [6.45, 7) is 3.14. The molecular weight excluding hydrogens is 336 g/mol. The second-order valence-electron chi connectivity index (χ2n) is 3.73. The van der Waals surface area contributed by atoms with Crippen molar-refractivity contribution in [3.05, 3.63) is 16.1 Å². The fourth-order valence-corrected chi connectivity index (χ4v) is 2.39. The third-order valence-electron chi connectivity index (χ3n) is 2.44. The molecule has 5 heteroatoms. The summed E-state index contributed by atoms with van der Waals surface area (Å²) in [5, 5.41) is 3.37. The summed E-state index contributed by atoms with van der Waals surface area (Å²) < 4.78 is 1.06. The first kappa shape index (κ1) is 14.0. The van der Waals surface area contributed by atoms with Gasteiger partial charge in [0.1, 0.15) is 12.1 Å². The molecule has 16 heavy (non-hydrogen) atoms. The Morgan fingerprint density at radius 2 is 2.31 bits per heavy atom. The lowest BCUT2D eigenvalue weighted by molar-refractivity contribution is 0.489. The Morgan fingerprint density at radius 3 is 2.94 bits per heavy atom. The number of aromatic nitrogens is 2. The number of nitrogens with one attached hydrogen (secondary N) is 1. The van der Waals surface area contributed by atoms with Crippen molar-refractivity contribution in [1.29, 1.82) is 0 Å². The second-order valence-corrected chi connectivity index (χ2v) is 5.27. The molecule has 0 radical (unpaired) electrons. The van der Waals surface area contributed by atoms with E-state index >= 15 is 0 Å². The van der Waals surface area contributed by atoms with Crippen molar-refractivity contribution in [2.45, 2.75) is 26.2 Å². The van der Waals surface area contributed by atoms with Crippen molar-refractivity contribution in [3.63, 3.8) is 0 Å². The van der Waals surface area contributed by atoms with Gasteiger partial charge in [-0.25, -0.2) is 9.97 Å². The van der Waals surface area contributed by atoms with Gasteiger partial charge in [0.15, 0.2) is 0 Å². The van der Waals surface area contributed by atoms with E-state index in [1.54, 1.807) is 6.33 Å². The van der Waals surface area contributed by atoms with E-state index in [0.717, 1.165) is 28.2 Å². The van der Waals surface area contributed by atoms with Crippen LogP contribution in [-0.2, 0) is 0 Å². The molecular formula is C11H17ClIN3. The third kappa shape index (κ3) is 4.82. The van der Waals surface area contributed by atoms with Gasteiger partial charge in [0, 0.05) is 18.6 Å². The normalized spacial score (nSPS) is 12.4. The van der Waals surface area contributed by atoms with E-state index in [0.29, 0.717) is 5.92 Å². The number of halogens is 2. The number of anilines is 1. The van der Waals surface area contributed by atoms with Gasteiger partial charge in [-0.3, -0.25) is 0 Å². The Bertz CT molecular complexity index is 303. The predicted octanol–water partition coefficient (Wildman–Crippen LogP) is 3.54. The molecule has 1 rings (SSSR count). The van der Waals surface area contributed by atoms with E-state index in [1.807, 2.05) is 6.20 Å². The van der Waals surface area contributed by atoms with Crippen LogP contribution in [0.25, 0.3) is 0 Å². The number of hydrogen-bond acceptors (Lipinski definition) is 3. The van der Waals surface area contributed by atoms with Gasteiger partial charge in [-0.15, -0.1) is 11.6 Å². The summed E-state index contributed by atoms with van der Waals surface area (Å²) in [6.07, 6.45) is 6.85. The van der Waals surface area contributed by atoms with Crippen molar-refractivity contribution < 1.29 is 0 Å². The molecule has 1 heterocycles. The van der Waals surface area contributed by atoms with Crippen LogP contribution in [0, 0.1) is 9.49 Å². The van der Waals surface area contributed by atoms with Gasteiger partial charge in [0.25, 0.3) is 0 Å². The van der Waals surface area contributed by atoms with Gasteiger partial charge >= 0.3 is 0 Å². The van der Waals surface area contributed by atoms with Crippen molar-refractivity contribution in [1.82, 2.24) is 9.97 Å². The van der Waals surface area contributed by atoms with Crippen LogP contribution in [0.1, 0.15) is 26.2 Å². The lowest BCUT2D eigenvalue weighted by atomic mass is 10.0. The molecule has 1 N–H and O–H groups in total. The summed E-state index contributed by atoms with van der Waals surface area (Å²) in [4.78, 5) is 8.17. The van der Waals surface area contributed by atoms with Gasteiger partial charge < -0.3 is 5.32 Å². The molecule has 0 spiro atoms. The SMILES string of the molecule is CCCC(CCCl)CNc1ncncc1I. The van der Waals surface area contributed by atoms with Gasteiger partial charge in [0.05, 0.1) is 3.57 Å². The summed E-state index contributed by atoms with van der Waals surface area (Å²) in [6, 6.07) is 0. The van der Waals surface area contributed by atoms with E-state index in [-0.39, 0.29) is 0 Å². The first-order valence-electron chi connectivity index (χ1n) is 5.53. The molecule has 90 valence electrons. The van der Waals surface area contributed by atoms with Crippen LogP contribution in [0.5, 0.6) is 0 Å². The minimum atomic E-state index is 0.633. The van der Waals surface area contributed by atoms with Gasteiger partial charge in [-0.05, 0) is 41.4 Å². The van der Waals surface area contributed by atoms with Gasteiger partial charge in [0.2, 0.25) is 0 Å². The molecule has 0 aliphatic rings. The van der Waals surface area contributed by atoms with Crippen molar-refractivity contribution in [2.75, 3.05) is 17.7 Å². The fourth-order valence-electron chi connectivity index (χ4n) is 1.59. The molecule has 1 atom stereocenters. The Hall–Kier alpha value is -0.100. The van der Waals surface area contributed by atoms with Gasteiger partial charge in [-0.1, -0.05) is 13.3 Å². The average molecular weight is 354 g/mol. The van der Waals surface area contributed by atoms with E-state index in [4.69, 9.17) is 11.6 Å². The van der Waals surface area contributed by atoms with Crippen LogP contribution in [0.15, 0.2) is 12.5 Å². The quantitative estimate of drug-likeness (QED) is 0.602. The summed E-state index contributed by atoms with van der Waals surface area (Å²) in [5.74, 6) is 2.28. The maximum atomic E-state index is 5.79. The highest BCUT2D eigenvalue weighted by molar-refractivity contribution is 14.1. The molecule has 0 bridgehead atoms. The van der Waals surface area contributed by atoms with Crippen LogP contribution in [0.3, 0.4) is 0 Å². The Kier molecular flexibility index (Phi) is 7.03. The molecule has 1 aromatic rings. The van der Waals surface area contributed by atoms with E-state index in [1.165, 1.54) is 12.8 Å². The minimum absolute atomic E-state index is 0.633. The molecule has 0 saturated heterocycles. The van der Waals surface area contributed by atoms with Crippen molar-refractivity contribution in [3.8, 4) is 0 Å². The molecule has 1 unspecified atom stereocenters. The standard InChI is InChI=1S/C11H17ClIN3/c1-2-3-9(4-5-12)6-15-11-10(13)7-14-8-16-11/h7-9H,2-6H2,1H3,(H,14,15,16). The highest BCUT2D eigenvalue weighted by Gasteiger charge is 2.08. The Labute approximate surface area is 116 Å². The zero-order valence-corrected chi connectivity index (χ0v) is 12.3. The lowest BCUT2D eigenvalue weighted by Gasteiger charge is -2.16.